The molecule has 49 heavy (non-hydrogen) atoms. The molecule has 0 unspecified atom stereocenters. The quantitative estimate of drug-likeness (QED) is 0.183. The van der Waals surface area contributed by atoms with Gasteiger partial charge in [-0.1, -0.05) is 140 Å². The summed E-state index contributed by atoms with van der Waals surface area (Å²) in [6, 6.07) is 55.9. The van der Waals surface area contributed by atoms with Crippen LogP contribution in [0.15, 0.2) is 158 Å². The molecule has 4 nitrogen and oxygen atoms in total. The van der Waals surface area contributed by atoms with Crippen LogP contribution < -0.4 is 0 Å². The predicted molar refractivity (Wildman–Crippen MR) is 202 cm³/mol. The van der Waals surface area contributed by atoms with Crippen molar-refractivity contribution in [3.8, 4) is 45.3 Å². The van der Waals surface area contributed by atoms with Crippen LogP contribution in [0.3, 0.4) is 0 Å². The van der Waals surface area contributed by atoms with Crippen molar-refractivity contribution >= 4 is 59.6 Å². The first-order valence-corrected chi connectivity index (χ1v) is 16.6. The van der Waals surface area contributed by atoms with Crippen molar-refractivity contribution in [1.82, 2.24) is 19.4 Å². The van der Waals surface area contributed by atoms with Crippen LogP contribution in [0.1, 0.15) is 0 Å². The maximum absolute atomic E-state index is 5.03. The van der Waals surface area contributed by atoms with Gasteiger partial charge in [-0.3, -0.25) is 0 Å². The second-order valence-electron chi connectivity index (χ2n) is 12.8. The zero-order chi connectivity index (χ0) is 32.1. The van der Waals surface area contributed by atoms with Gasteiger partial charge in [0.1, 0.15) is 0 Å². The molecule has 0 N–H and O–H groups in total. The summed E-state index contributed by atoms with van der Waals surface area (Å²) in [5.41, 5.74) is 9.00. The van der Waals surface area contributed by atoms with Gasteiger partial charge in [0.25, 0.3) is 0 Å². The fourth-order valence-electron chi connectivity index (χ4n) is 8.04. The van der Waals surface area contributed by atoms with Crippen LogP contribution in [-0.4, -0.2) is 19.4 Å². The molecule has 226 valence electrons. The van der Waals surface area contributed by atoms with Crippen molar-refractivity contribution in [2.75, 3.05) is 0 Å². The fourth-order valence-corrected chi connectivity index (χ4v) is 8.04. The van der Waals surface area contributed by atoms with E-state index in [0.717, 1.165) is 22.3 Å². The molecular weight excluding hydrogens is 597 g/mol. The van der Waals surface area contributed by atoms with Crippen molar-refractivity contribution in [1.29, 1.82) is 0 Å². The van der Waals surface area contributed by atoms with Crippen LogP contribution in [0.4, 0.5) is 0 Å². The van der Waals surface area contributed by atoms with Gasteiger partial charge in [-0.25, -0.2) is 15.0 Å². The average molecular weight is 623 g/mol. The first-order valence-electron chi connectivity index (χ1n) is 16.6. The Hall–Kier alpha value is -6.65. The molecule has 0 fully saturated rings. The second kappa shape index (κ2) is 9.93. The summed E-state index contributed by atoms with van der Waals surface area (Å²) >= 11 is 0. The molecule has 8 aromatic carbocycles. The van der Waals surface area contributed by atoms with Crippen LogP contribution in [0.2, 0.25) is 0 Å². The lowest BCUT2D eigenvalue weighted by atomic mass is 9.88. The maximum Gasteiger partial charge on any atom is 0.164 e. The first-order chi connectivity index (χ1) is 24.3. The molecule has 0 radical (unpaired) electrons. The normalized spacial score (nSPS) is 12.1. The molecule has 0 saturated carbocycles. The topological polar surface area (TPSA) is 43.1 Å². The van der Waals surface area contributed by atoms with Gasteiger partial charge in [0, 0.05) is 43.6 Å². The molecule has 0 aliphatic rings. The Morgan fingerprint density at radius 2 is 0.878 bits per heavy atom. The Morgan fingerprint density at radius 3 is 1.61 bits per heavy atom. The molecule has 11 aromatic rings. The summed E-state index contributed by atoms with van der Waals surface area (Å²) in [7, 11) is 0. The van der Waals surface area contributed by atoms with Gasteiger partial charge in [0.05, 0.1) is 16.6 Å². The van der Waals surface area contributed by atoms with Crippen molar-refractivity contribution < 1.29 is 0 Å². The molecule has 0 aliphatic carbocycles. The van der Waals surface area contributed by atoms with E-state index in [9.17, 15) is 0 Å². The number of rotatable bonds is 4. The van der Waals surface area contributed by atoms with Crippen molar-refractivity contribution in [2.24, 2.45) is 0 Å². The highest BCUT2D eigenvalue weighted by Gasteiger charge is 2.24. The van der Waals surface area contributed by atoms with E-state index in [1.54, 1.807) is 0 Å². The summed E-state index contributed by atoms with van der Waals surface area (Å²) < 4.78 is 2.48. The molecule has 3 aromatic heterocycles. The zero-order valence-electron chi connectivity index (χ0n) is 26.3. The number of nitrogens with zero attached hydrogens (tertiary/aromatic N) is 4. The lowest BCUT2D eigenvalue weighted by molar-refractivity contribution is 1.07. The highest BCUT2D eigenvalue weighted by Crippen LogP contribution is 2.49. The highest BCUT2D eigenvalue weighted by molar-refractivity contribution is 6.40. The third-order valence-corrected chi connectivity index (χ3v) is 10.1. The summed E-state index contributed by atoms with van der Waals surface area (Å²) in [5, 5.41) is 10.4. The molecule has 0 aliphatic heterocycles. The van der Waals surface area contributed by atoms with Crippen LogP contribution in [0.5, 0.6) is 0 Å². The SMILES string of the molecule is c1ccc(-c2nc(-c3ccccc3)nc(-c3cccc(-c4ccc5c6c4c4ccccc4c4ccc7c8ccccc8n5c7c46)c3)n2)cc1. The van der Waals surface area contributed by atoms with Gasteiger partial charge < -0.3 is 4.40 Å². The van der Waals surface area contributed by atoms with Crippen LogP contribution in [0, 0.1) is 0 Å². The van der Waals surface area contributed by atoms with E-state index < -0.39 is 0 Å². The Kier molecular flexibility index (Phi) is 5.35. The molecule has 3 heterocycles. The van der Waals surface area contributed by atoms with E-state index >= 15 is 0 Å². The number of benzene rings is 8. The summed E-state index contributed by atoms with van der Waals surface area (Å²) in [6.45, 7) is 0. The van der Waals surface area contributed by atoms with E-state index in [2.05, 4.69) is 101 Å². The number of fused-ring (bicyclic) bond motifs is 7. The largest absolute Gasteiger partial charge is 0.308 e. The van der Waals surface area contributed by atoms with Gasteiger partial charge in [0.15, 0.2) is 17.5 Å². The third kappa shape index (κ3) is 3.71. The van der Waals surface area contributed by atoms with Gasteiger partial charge in [-0.15, -0.1) is 0 Å². The highest BCUT2D eigenvalue weighted by atomic mass is 15.0. The second-order valence-corrected chi connectivity index (χ2v) is 12.8. The molecule has 11 rings (SSSR count). The third-order valence-electron chi connectivity index (χ3n) is 10.1. The minimum atomic E-state index is 0.652. The van der Waals surface area contributed by atoms with Crippen molar-refractivity contribution in [3.05, 3.63) is 158 Å². The van der Waals surface area contributed by atoms with Gasteiger partial charge in [0.2, 0.25) is 0 Å². The Morgan fingerprint density at radius 1 is 0.327 bits per heavy atom. The first kappa shape index (κ1) is 26.4. The summed E-state index contributed by atoms with van der Waals surface area (Å²) in [5.74, 6) is 1.97. The van der Waals surface area contributed by atoms with Crippen molar-refractivity contribution in [3.63, 3.8) is 0 Å². The number of hydrogen-bond donors (Lipinski definition) is 0. The average Bonchev–Trinajstić information content (AvgIpc) is 3.71. The number of para-hydroxylation sites is 1. The molecule has 0 bridgehead atoms. The van der Waals surface area contributed by atoms with E-state index in [1.807, 2.05) is 60.7 Å². The van der Waals surface area contributed by atoms with E-state index in [4.69, 9.17) is 15.0 Å². The molecular formula is C45H26N4. The lowest BCUT2D eigenvalue weighted by Gasteiger charge is -2.14. The van der Waals surface area contributed by atoms with E-state index in [-0.39, 0.29) is 0 Å². The molecule has 0 amide bonds. The smallest absolute Gasteiger partial charge is 0.164 e. The van der Waals surface area contributed by atoms with Crippen LogP contribution >= 0.6 is 0 Å². The Labute approximate surface area is 281 Å². The number of aromatic nitrogens is 4. The molecule has 4 heteroatoms. The summed E-state index contributed by atoms with van der Waals surface area (Å²) in [4.78, 5) is 15.0. The van der Waals surface area contributed by atoms with Crippen LogP contribution in [0.25, 0.3) is 105 Å². The lowest BCUT2D eigenvalue weighted by Crippen LogP contribution is -2.00. The molecule has 0 spiro atoms. The molecule has 0 atom stereocenters. The van der Waals surface area contributed by atoms with E-state index in [0.29, 0.717) is 17.5 Å². The van der Waals surface area contributed by atoms with E-state index in [1.165, 1.54) is 65.2 Å². The Balaban J connectivity index is 1.19. The fraction of sp³-hybridized carbons (Fsp3) is 0. The maximum atomic E-state index is 5.03. The van der Waals surface area contributed by atoms with Gasteiger partial charge in [-0.05, 0) is 45.5 Å². The monoisotopic (exact) mass is 622 g/mol. The number of hydrogen-bond acceptors (Lipinski definition) is 3. The standard InChI is InChI=1S/C45H26N4/c1-3-12-27(13-4-1)43-46-44(28-14-5-2-6-15-28)48-45(47-43)30-17-11-16-29(26-30)31-24-25-38-41-39(31)34-20-8-7-18-32(34)35-22-23-36-33-19-9-10-21-37(33)49(38)42(36)40(35)41/h1-26H. The van der Waals surface area contributed by atoms with Gasteiger partial charge in [-0.2, -0.15) is 0 Å². The van der Waals surface area contributed by atoms with Gasteiger partial charge >= 0.3 is 0 Å². The minimum absolute atomic E-state index is 0.652. The van der Waals surface area contributed by atoms with Crippen LogP contribution in [-0.2, 0) is 0 Å². The van der Waals surface area contributed by atoms with Crippen molar-refractivity contribution in [2.45, 2.75) is 0 Å². The zero-order valence-corrected chi connectivity index (χ0v) is 26.3. The summed E-state index contributed by atoms with van der Waals surface area (Å²) in [6.07, 6.45) is 0. The molecule has 0 saturated heterocycles. The predicted octanol–water partition coefficient (Wildman–Crippen LogP) is 11.4. The Bertz CT molecular complexity index is 2980. The minimum Gasteiger partial charge on any atom is -0.308 e.